The van der Waals surface area contributed by atoms with Gasteiger partial charge in [-0.3, -0.25) is 0 Å². The lowest BCUT2D eigenvalue weighted by Gasteiger charge is -2.08. The van der Waals surface area contributed by atoms with Gasteiger partial charge in [0.25, 0.3) is 0 Å². The molecule has 1 heterocycles. The summed E-state index contributed by atoms with van der Waals surface area (Å²) in [5.41, 5.74) is 9.12. The summed E-state index contributed by atoms with van der Waals surface area (Å²) in [6.07, 6.45) is 12.9. The van der Waals surface area contributed by atoms with Gasteiger partial charge in [0.05, 0.1) is 11.9 Å². The molecule has 2 aromatic rings. The van der Waals surface area contributed by atoms with Crippen molar-refractivity contribution in [2.45, 2.75) is 46.5 Å². The molecule has 1 aliphatic carbocycles. The second kappa shape index (κ2) is 7.04. The minimum absolute atomic E-state index is 0.905. The lowest BCUT2D eigenvalue weighted by molar-refractivity contribution is 0.836. The fraction of sp³-hybridized carbons (Fsp3) is 0.318. The Hall–Kier alpha value is -2.35. The Morgan fingerprint density at radius 3 is 2.96 bits per heavy atom. The maximum Gasteiger partial charge on any atom is 0.0577 e. The molecule has 2 nitrogen and oxygen atoms in total. The molecule has 0 N–H and O–H groups in total. The quantitative estimate of drug-likeness (QED) is 0.677. The molecular weight excluding hydrogens is 292 g/mol. The zero-order valence-corrected chi connectivity index (χ0v) is 15.0. The van der Waals surface area contributed by atoms with Gasteiger partial charge in [-0.1, -0.05) is 43.9 Å². The largest absolute Gasteiger partial charge is 0.238 e. The van der Waals surface area contributed by atoms with E-state index in [-0.39, 0.29) is 0 Å². The van der Waals surface area contributed by atoms with E-state index in [0.717, 1.165) is 12.1 Å². The zero-order valence-electron chi connectivity index (χ0n) is 15.0. The Morgan fingerprint density at radius 2 is 2.17 bits per heavy atom. The van der Waals surface area contributed by atoms with Crippen molar-refractivity contribution in [1.29, 1.82) is 0 Å². The Balaban J connectivity index is 1.79. The van der Waals surface area contributed by atoms with Crippen LogP contribution < -0.4 is 0 Å². The number of rotatable bonds is 5. The number of aromatic nitrogens is 2. The highest BCUT2D eigenvalue weighted by Crippen LogP contribution is 2.29. The van der Waals surface area contributed by atoms with E-state index in [4.69, 9.17) is 0 Å². The molecule has 3 rings (SSSR count). The van der Waals surface area contributed by atoms with Crippen molar-refractivity contribution >= 4 is 11.3 Å². The van der Waals surface area contributed by atoms with E-state index in [1.54, 1.807) is 0 Å². The molecule has 2 heteroatoms. The molecular formula is C22H26N2. The van der Waals surface area contributed by atoms with E-state index >= 15 is 0 Å². The lowest BCUT2D eigenvalue weighted by Crippen LogP contribution is -2.01. The summed E-state index contributed by atoms with van der Waals surface area (Å²) in [7, 11) is 0. The fourth-order valence-electron chi connectivity index (χ4n) is 3.58. The summed E-state index contributed by atoms with van der Waals surface area (Å²) < 4.78 is 1.94. The molecule has 0 amide bonds. The van der Waals surface area contributed by atoms with Crippen molar-refractivity contribution in [3.8, 4) is 0 Å². The summed E-state index contributed by atoms with van der Waals surface area (Å²) in [5.74, 6) is 0. The van der Waals surface area contributed by atoms with Gasteiger partial charge < -0.3 is 0 Å². The molecule has 0 radical (unpaired) electrons. The predicted molar refractivity (Wildman–Crippen MR) is 103 cm³/mol. The van der Waals surface area contributed by atoms with Crippen LogP contribution in [0.2, 0.25) is 0 Å². The van der Waals surface area contributed by atoms with E-state index in [0.29, 0.717) is 0 Å². The predicted octanol–water partition coefficient (Wildman–Crippen LogP) is 5.37. The van der Waals surface area contributed by atoms with Gasteiger partial charge in [-0.15, -0.1) is 0 Å². The fourth-order valence-corrected chi connectivity index (χ4v) is 3.58. The maximum absolute atomic E-state index is 4.43. The summed E-state index contributed by atoms with van der Waals surface area (Å²) in [4.78, 5) is 0. The number of fused-ring (bicyclic) bond motifs is 1. The molecule has 0 aliphatic heterocycles. The van der Waals surface area contributed by atoms with Gasteiger partial charge in [-0.05, 0) is 73.4 Å². The first kappa shape index (κ1) is 16.5. The third-order valence-electron chi connectivity index (χ3n) is 4.89. The standard InChI is InChI=1S/C22H26N2/c1-5-22-17(3)15-23-24(22)18(4)10-6-9-16(2)20-13-7-11-19-12-8-14-21(19)20/h6-7,9-11,13,15H,4-5,8,12,14H2,1-3H3/b10-6-,16-9+. The SMILES string of the molecule is C=C(/C=C\C=C(/C)c1cccc2c1CCC2)n1ncc(C)c1CC. The van der Waals surface area contributed by atoms with E-state index in [1.807, 2.05) is 17.0 Å². The van der Waals surface area contributed by atoms with Crippen molar-refractivity contribution in [3.05, 3.63) is 77.2 Å². The topological polar surface area (TPSA) is 17.8 Å². The molecule has 1 aromatic carbocycles. The molecule has 0 unspecified atom stereocenters. The number of hydrogen-bond acceptors (Lipinski definition) is 1. The van der Waals surface area contributed by atoms with Gasteiger partial charge in [0, 0.05) is 5.69 Å². The monoisotopic (exact) mass is 318 g/mol. The van der Waals surface area contributed by atoms with Crippen LogP contribution in [0.15, 0.2) is 49.2 Å². The molecule has 124 valence electrons. The molecule has 0 atom stereocenters. The molecule has 0 saturated carbocycles. The first-order valence-electron chi connectivity index (χ1n) is 8.80. The Kier molecular flexibility index (Phi) is 4.84. The zero-order chi connectivity index (χ0) is 17.1. The van der Waals surface area contributed by atoms with E-state index in [9.17, 15) is 0 Å². The van der Waals surface area contributed by atoms with Gasteiger partial charge in [-0.2, -0.15) is 5.10 Å². The maximum atomic E-state index is 4.43. The molecule has 0 fully saturated rings. The van der Waals surface area contributed by atoms with Crippen LogP contribution in [0.3, 0.4) is 0 Å². The Bertz CT molecular complexity index is 818. The Morgan fingerprint density at radius 1 is 1.33 bits per heavy atom. The molecule has 0 spiro atoms. The van der Waals surface area contributed by atoms with Gasteiger partial charge >= 0.3 is 0 Å². The smallest absolute Gasteiger partial charge is 0.0577 e. The van der Waals surface area contributed by atoms with Crippen LogP contribution >= 0.6 is 0 Å². The second-order valence-corrected chi connectivity index (χ2v) is 6.54. The van der Waals surface area contributed by atoms with Gasteiger partial charge in [0.2, 0.25) is 0 Å². The first-order valence-corrected chi connectivity index (χ1v) is 8.80. The van der Waals surface area contributed by atoms with Crippen molar-refractivity contribution in [3.63, 3.8) is 0 Å². The van der Waals surface area contributed by atoms with Crippen LogP contribution in [0, 0.1) is 6.92 Å². The number of allylic oxidation sites excluding steroid dienone is 5. The highest BCUT2D eigenvalue weighted by atomic mass is 15.3. The van der Waals surface area contributed by atoms with Gasteiger partial charge in [0.15, 0.2) is 0 Å². The van der Waals surface area contributed by atoms with Crippen molar-refractivity contribution < 1.29 is 0 Å². The summed E-state index contributed by atoms with van der Waals surface area (Å²) >= 11 is 0. The average molecular weight is 318 g/mol. The number of hydrogen-bond donors (Lipinski definition) is 0. The second-order valence-electron chi connectivity index (χ2n) is 6.54. The first-order chi connectivity index (χ1) is 11.6. The highest BCUT2D eigenvalue weighted by molar-refractivity contribution is 5.70. The number of benzene rings is 1. The third kappa shape index (κ3) is 3.14. The summed E-state index contributed by atoms with van der Waals surface area (Å²) in [6.45, 7) is 10.6. The van der Waals surface area contributed by atoms with Crippen LogP contribution in [0.4, 0.5) is 0 Å². The minimum Gasteiger partial charge on any atom is -0.238 e. The number of aryl methyl sites for hydroxylation is 2. The normalized spacial score (nSPS) is 14.4. The van der Waals surface area contributed by atoms with Crippen LogP contribution in [-0.2, 0) is 19.3 Å². The average Bonchev–Trinajstić information content (AvgIpc) is 3.20. The molecule has 24 heavy (non-hydrogen) atoms. The van der Waals surface area contributed by atoms with E-state index in [2.05, 4.69) is 62.8 Å². The molecule has 1 aliphatic rings. The van der Waals surface area contributed by atoms with Gasteiger partial charge in [0.1, 0.15) is 0 Å². The van der Waals surface area contributed by atoms with E-state index in [1.165, 1.54) is 52.8 Å². The van der Waals surface area contributed by atoms with Crippen LogP contribution in [0.1, 0.15) is 48.2 Å². The van der Waals surface area contributed by atoms with Crippen LogP contribution in [-0.4, -0.2) is 9.78 Å². The summed E-state index contributed by atoms with van der Waals surface area (Å²) in [6, 6.07) is 6.69. The number of nitrogens with zero attached hydrogens (tertiary/aromatic N) is 2. The van der Waals surface area contributed by atoms with Crippen LogP contribution in [0.5, 0.6) is 0 Å². The highest BCUT2D eigenvalue weighted by Gasteiger charge is 2.14. The van der Waals surface area contributed by atoms with E-state index < -0.39 is 0 Å². The summed E-state index contributed by atoms with van der Waals surface area (Å²) in [5, 5.41) is 4.43. The third-order valence-corrected chi connectivity index (χ3v) is 4.89. The van der Waals surface area contributed by atoms with Crippen molar-refractivity contribution in [2.75, 3.05) is 0 Å². The molecule has 1 aromatic heterocycles. The minimum atomic E-state index is 0.905. The molecule has 0 saturated heterocycles. The van der Waals surface area contributed by atoms with Gasteiger partial charge in [-0.25, -0.2) is 4.68 Å². The van der Waals surface area contributed by atoms with Crippen molar-refractivity contribution in [2.24, 2.45) is 0 Å². The molecule has 0 bridgehead atoms. The Labute approximate surface area is 145 Å². The van der Waals surface area contributed by atoms with Crippen molar-refractivity contribution in [1.82, 2.24) is 9.78 Å². The van der Waals surface area contributed by atoms with Crippen LogP contribution in [0.25, 0.3) is 11.3 Å². The lowest BCUT2D eigenvalue weighted by atomic mass is 9.97.